The van der Waals surface area contributed by atoms with Crippen LogP contribution in [0.1, 0.15) is 16.9 Å². The molecule has 0 spiro atoms. The van der Waals surface area contributed by atoms with E-state index in [2.05, 4.69) is 34.3 Å². The first-order chi connectivity index (χ1) is 7.34. The monoisotopic (exact) mass is 238 g/mol. The zero-order chi connectivity index (χ0) is 10.5. The lowest BCUT2D eigenvalue weighted by Crippen LogP contribution is -2.10. The molecule has 3 heteroatoms. The van der Waals surface area contributed by atoms with Crippen molar-refractivity contribution in [2.45, 2.75) is 25.4 Å². The Morgan fingerprint density at radius 2 is 2.20 bits per heavy atom. The van der Waals surface area contributed by atoms with Crippen LogP contribution in [0.15, 0.2) is 34.3 Å². The van der Waals surface area contributed by atoms with E-state index in [1.54, 1.807) is 22.7 Å². The molecule has 2 aromatic heterocycles. The van der Waals surface area contributed by atoms with Gasteiger partial charge in [-0.3, -0.25) is 0 Å². The van der Waals surface area contributed by atoms with Gasteiger partial charge in [0.2, 0.25) is 0 Å². The normalized spacial score (nSPS) is 12.9. The Morgan fingerprint density at radius 1 is 1.27 bits per heavy atom. The molecule has 0 saturated carbocycles. The summed E-state index contributed by atoms with van der Waals surface area (Å²) >= 11 is 3.45. The van der Waals surface area contributed by atoms with Crippen LogP contribution in [0.4, 0.5) is 0 Å². The summed E-state index contributed by atoms with van der Waals surface area (Å²) in [6, 6.07) is 6.27. The van der Waals surface area contributed by atoms with Gasteiger partial charge in [-0.05, 0) is 53.1 Å². The molecule has 0 bridgehead atoms. The first kappa shape index (κ1) is 10.9. The third kappa shape index (κ3) is 3.45. The van der Waals surface area contributed by atoms with Crippen molar-refractivity contribution >= 4 is 22.7 Å². The van der Waals surface area contributed by atoms with Gasteiger partial charge in [-0.2, -0.15) is 11.3 Å². The van der Waals surface area contributed by atoms with Crippen molar-refractivity contribution in [1.29, 1.82) is 0 Å². The van der Waals surface area contributed by atoms with Crippen LogP contribution in [0.5, 0.6) is 0 Å². The third-order valence-corrected chi connectivity index (χ3v) is 4.02. The number of aryl methyl sites for hydroxylation is 1. The van der Waals surface area contributed by atoms with Gasteiger partial charge in [0.25, 0.3) is 0 Å². The first-order valence-electron chi connectivity index (χ1n) is 5.06. The minimum atomic E-state index is -0.207. The summed E-state index contributed by atoms with van der Waals surface area (Å²) < 4.78 is 0. The molecule has 1 unspecified atom stereocenters. The molecule has 0 aliphatic rings. The van der Waals surface area contributed by atoms with Gasteiger partial charge >= 0.3 is 0 Å². The van der Waals surface area contributed by atoms with Crippen LogP contribution in [0.25, 0.3) is 0 Å². The second-order valence-electron chi connectivity index (χ2n) is 3.61. The Labute approximate surface area is 98.0 Å². The summed E-state index contributed by atoms with van der Waals surface area (Å²) in [5.41, 5.74) is 1.25. The second-order valence-corrected chi connectivity index (χ2v) is 5.42. The van der Waals surface area contributed by atoms with E-state index < -0.39 is 0 Å². The molecule has 0 aliphatic heterocycles. The lowest BCUT2D eigenvalue weighted by Gasteiger charge is -2.08. The number of hydrogen-bond acceptors (Lipinski definition) is 3. The summed E-state index contributed by atoms with van der Waals surface area (Å²) in [5.74, 6) is 0. The van der Waals surface area contributed by atoms with Gasteiger partial charge in [-0.25, -0.2) is 0 Å². The Morgan fingerprint density at radius 3 is 2.87 bits per heavy atom. The predicted octanol–water partition coefficient (Wildman–Crippen LogP) is 3.35. The first-order valence-corrected chi connectivity index (χ1v) is 6.88. The maximum atomic E-state index is 9.83. The molecule has 0 aromatic carbocycles. The van der Waals surface area contributed by atoms with Crippen molar-refractivity contribution in [3.05, 3.63) is 44.8 Å². The fourth-order valence-corrected chi connectivity index (χ4v) is 2.95. The molecule has 0 radical (unpaired) electrons. The molecule has 80 valence electrons. The lowest BCUT2D eigenvalue weighted by molar-refractivity contribution is 0.165. The number of thiophene rings is 2. The quantitative estimate of drug-likeness (QED) is 0.847. The standard InChI is InChI=1S/C12H14OS2/c13-11(8-10-5-7-14-9-10)3-4-12-2-1-6-15-12/h1-2,5-7,9,11,13H,3-4,8H2. The molecule has 0 fully saturated rings. The highest BCUT2D eigenvalue weighted by molar-refractivity contribution is 7.09. The molecule has 1 atom stereocenters. The van der Waals surface area contributed by atoms with Gasteiger partial charge in [-0.1, -0.05) is 6.07 Å². The van der Waals surface area contributed by atoms with Crippen LogP contribution in [0.3, 0.4) is 0 Å². The second kappa shape index (κ2) is 5.45. The average Bonchev–Trinajstić information content (AvgIpc) is 2.86. The molecule has 2 aromatic rings. The van der Waals surface area contributed by atoms with Crippen molar-refractivity contribution in [2.75, 3.05) is 0 Å². The Hall–Kier alpha value is -0.640. The molecule has 1 nitrogen and oxygen atoms in total. The molecule has 2 heterocycles. The minimum Gasteiger partial charge on any atom is -0.393 e. The highest BCUT2D eigenvalue weighted by Crippen LogP contribution is 2.15. The van der Waals surface area contributed by atoms with E-state index in [1.165, 1.54) is 10.4 Å². The van der Waals surface area contributed by atoms with Crippen molar-refractivity contribution in [3.63, 3.8) is 0 Å². The highest BCUT2D eigenvalue weighted by Gasteiger charge is 2.06. The maximum Gasteiger partial charge on any atom is 0.0584 e. The summed E-state index contributed by atoms with van der Waals surface area (Å²) in [7, 11) is 0. The summed E-state index contributed by atoms with van der Waals surface area (Å²) in [6.07, 6.45) is 2.43. The van der Waals surface area contributed by atoms with Gasteiger partial charge in [0.15, 0.2) is 0 Å². The zero-order valence-corrected chi connectivity index (χ0v) is 10.1. The number of rotatable bonds is 5. The van der Waals surface area contributed by atoms with E-state index in [9.17, 15) is 5.11 Å². The van der Waals surface area contributed by atoms with Crippen LogP contribution in [0, 0.1) is 0 Å². The fraction of sp³-hybridized carbons (Fsp3) is 0.333. The SMILES string of the molecule is OC(CCc1cccs1)Cc1ccsc1. The smallest absolute Gasteiger partial charge is 0.0584 e. The predicted molar refractivity (Wildman–Crippen MR) is 66.7 cm³/mol. The van der Waals surface area contributed by atoms with Gasteiger partial charge in [-0.15, -0.1) is 11.3 Å². The molecule has 0 saturated heterocycles. The van der Waals surface area contributed by atoms with Crippen molar-refractivity contribution in [2.24, 2.45) is 0 Å². The van der Waals surface area contributed by atoms with E-state index in [0.29, 0.717) is 0 Å². The zero-order valence-electron chi connectivity index (χ0n) is 8.43. The van der Waals surface area contributed by atoms with Crippen LogP contribution >= 0.6 is 22.7 Å². The van der Waals surface area contributed by atoms with Crippen molar-refractivity contribution in [3.8, 4) is 0 Å². The van der Waals surface area contributed by atoms with Crippen molar-refractivity contribution < 1.29 is 5.11 Å². The lowest BCUT2D eigenvalue weighted by atomic mass is 10.1. The van der Waals surface area contributed by atoms with Gasteiger partial charge < -0.3 is 5.11 Å². The number of aliphatic hydroxyl groups is 1. The Kier molecular flexibility index (Phi) is 3.94. The van der Waals surface area contributed by atoms with Crippen LogP contribution in [0.2, 0.25) is 0 Å². The van der Waals surface area contributed by atoms with E-state index >= 15 is 0 Å². The van der Waals surface area contributed by atoms with Gasteiger partial charge in [0, 0.05) is 4.88 Å². The molecule has 15 heavy (non-hydrogen) atoms. The molecule has 2 rings (SSSR count). The Bertz CT molecular complexity index is 364. The highest BCUT2D eigenvalue weighted by atomic mass is 32.1. The van der Waals surface area contributed by atoms with Crippen LogP contribution in [-0.4, -0.2) is 11.2 Å². The average molecular weight is 238 g/mol. The molecule has 0 aliphatic carbocycles. The summed E-state index contributed by atoms with van der Waals surface area (Å²) in [4.78, 5) is 1.36. The topological polar surface area (TPSA) is 20.2 Å². The largest absolute Gasteiger partial charge is 0.393 e. The number of aliphatic hydroxyl groups excluding tert-OH is 1. The fourth-order valence-electron chi connectivity index (χ4n) is 1.55. The van der Waals surface area contributed by atoms with Gasteiger partial charge in [0.05, 0.1) is 6.10 Å². The molecular formula is C12H14OS2. The summed E-state index contributed by atoms with van der Waals surface area (Å²) in [5, 5.41) is 16.1. The van der Waals surface area contributed by atoms with Gasteiger partial charge in [0.1, 0.15) is 0 Å². The van der Waals surface area contributed by atoms with Crippen molar-refractivity contribution in [1.82, 2.24) is 0 Å². The molecular weight excluding hydrogens is 224 g/mol. The third-order valence-electron chi connectivity index (χ3n) is 2.36. The minimum absolute atomic E-state index is 0.207. The van der Waals surface area contributed by atoms with E-state index in [-0.39, 0.29) is 6.10 Å². The van der Waals surface area contributed by atoms with E-state index in [0.717, 1.165) is 19.3 Å². The number of hydrogen-bond donors (Lipinski definition) is 1. The van der Waals surface area contributed by atoms with E-state index in [1.807, 2.05) is 0 Å². The van der Waals surface area contributed by atoms with E-state index in [4.69, 9.17) is 0 Å². The maximum absolute atomic E-state index is 9.83. The summed E-state index contributed by atoms with van der Waals surface area (Å²) in [6.45, 7) is 0. The molecule has 0 amide bonds. The molecule has 1 N–H and O–H groups in total. The van der Waals surface area contributed by atoms with Crippen LogP contribution < -0.4 is 0 Å². The van der Waals surface area contributed by atoms with Crippen LogP contribution in [-0.2, 0) is 12.8 Å². The Balaban J connectivity index is 1.76.